The van der Waals surface area contributed by atoms with E-state index in [-0.39, 0.29) is 0 Å². The Bertz CT molecular complexity index is 1370. The maximum absolute atomic E-state index is 13.1. The molecule has 4 aromatic rings. The number of para-hydroxylation sites is 1. The van der Waals surface area contributed by atoms with Gasteiger partial charge in [0.05, 0.1) is 17.4 Å². The zero-order valence-corrected chi connectivity index (χ0v) is 18.7. The monoisotopic (exact) mass is 450 g/mol. The van der Waals surface area contributed by atoms with E-state index in [1.807, 2.05) is 49.4 Å². The number of hydrogen-bond acceptors (Lipinski definition) is 6. The van der Waals surface area contributed by atoms with E-state index < -0.39 is 10.0 Å². The molecule has 0 bridgehead atoms. The summed E-state index contributed by atoms with van der Waals surface area (Å²) in [5.74, 6) is 0.760. The third-order valence-corrected chi connectivity index (χ3v) is 9.09. The molecule has 0 aliphatic carbocycles. The third-order valence-electron chi connectivity index (χ3n) is 5.54. The number of nitrogens with zero attached hydrogens (tertiary/aromatic N) is 3. The van der Waals surface area contributed by atoms with Crippen molar-refractivity contribution in [2.45, 2.75) is 30.5 Å². The molecule has 1 aliphatic heterocycles. The van der Waals surface area contributed by atoms with Gasteiger partial charge in [-0.15, -0.1) is 11.3 Å². The number of aryl methyl sites for hydroxylation is 1. The molecule has 0 saturated heterocycles. The molecule has 3 aromatic heterocycles. The molecule has 0 radical (unpaired) electrons. The van der Waals surface area contributed by atoms with E-state index in [2.05, 4.69) is 15.3 Å². The lowest BCUT2D eigenvalue weighted by atomic mass is 10.0. The topological polar surface area (TPSA) is 75.2 Å². The molecule has 1 N–H and O–H groups in total. The van der Waals surface area contributed by atoms with Gasteiger partial charge in [-0.2, -0.15) is 4.31 Å². The van der Waals surface area contributed by atoms with Gasteiger partial charge in [-0.1, -0.05) is 25.1 Å². The molecule has 158 valence electrons. The molecule has 5 rings (SSSR count). The van der Waals surface area contributed by atoms with Crippen LogP contribution in [0.4, 0.5) is 11.5 Å². The third kappa shape index (κ3) is 3.82. The quantitative estimate of drug-likeness (QED) is 0.475. The molecule has 1 aliphatic rings. The molecule has 31 heavy (non-hydrogen) atoms. The molecule has 0 spiro atoms. The van der Waals surface area contributed by atoms with Gasteiger partial charge in [0.25, 0.3) is 10.0 Å². The minimum absolute atomic E-state index is 0.351. The van der Waals surface area contributed by atoms with Crippen molar-refractivity contribution in [3.05, 3.63) is 76.9 Å². The highest BCUT2D eigenvalue weighted by Gasteiger charge is 2.30. The first-order valence-corrected chi connectivity index (χ1v) is 12.5. The van der Waals surface area contributed by atoms with E-state index >= 15 is 0 Å². The highest BCUT2D eigenvalue weighted by atomic mass is 32.2. The van der Waals surface area contributed by atoms with Gasteiger partial charge in [0.15, 0.2) is 0 Å². The lowest BCUT2D eigenvalue weighted by molar-refractivity contribution is 0.392. The minimum atomic E-state index is -3.49. The summed E-state index contributed by atoms with van der Waals surface area (Å²) in [7, 11) is -3.49. The fourth-order valence-corrected chi connectivity index (χ4v) is 6.74. The van der Waals surface area contributed by atoms with Crippen LogP contribution in [-0.4, -0.2) is 29.2 Å². The Balaban J connectivity index is 1.41. The zero-order chi connectivity index (χ0) is 21.4. The average molecular weight is 451 g/mol. The van der Waals surface area contributed by atoms with Gasteiger partial charge in [-0.3, -0.25) is 4.98 Å². The molecule has 0 saturated carbocycles. The van der Waals surface area contributed by atoms with Crippen molar-refractivity contribution in [3.63, 3.8) is 0 Å². The fourth-order valence-electron chi connectivity index (χ4n) is 3.87. The summed E-state index contributed by atoms with van der Waals surface area (Å²) >= 11 is 1.36. The van der Waals surface area contributed by atoms with Gasteiger partial charge < -0.3 is 5.32 Å². The molecular weight excluding hydrogens is 428 g/mol. The highest BCUT2D eigenvalue weighted by Crippen LogP contribution is 2.32. The molecule has 0 amide bonds. The normalized spacial score (nSPS) is 14.5. The first-order valence-electron chi connectivity index (χ1n) is 10.2. The van der Waals surface area contributed by atoms with Gasteiger partial charge in [-0.25, -0.2) is 13.4 Å². The second kappa shape index (κ2) is 8.03. The van der Waals surface area contributed by atoms with E-state index in [0.717, 1.165) is 44.8 Å². The predicted molar refractivity (Wildman–Crippen MR) is 124 cm³/mol. The number of fused-ring (bicyclic) bond motifs is 2. The smallest absolute Gasteiger partial charge is 0.252 e. The van der Waals surface area contributed by atoms with Crippen molar-refractivity contribution in [1.82, 2.24) is 14.3 Å². The molecule has 6 nitrogen and oxygen atoms in total. The Morgan fingerprint density at radius 2 is 2.00 bits per heavy atom. The van der Waals surface area contributed by atoms with E-state index in [4.69, 9.17) is 0 Å². The Kier molecular flexibility index (Phi) is 5.21. The van der Waals surface area contributed by atoms with Crippen LogP contribution in [0.2, 0.25) is 0 Å². The first-order chi connectivity index (χ1) is 15.0. The standard InChI is InChI=1S/C23H22N4O2S2/c1-2-19-7-8-22(30-19)31(28,29)27-12-10-20-17(15-27)9-11-24-23(20)26-18-13-16-5-3-4-6-21(16)25-14-18/h3-9,11,13-14H,2,10,12,15H2,1H3,(H,24,26). The van der Waals surface area contributed by atoms with Crippen LogP contribution in [-0.2, 0) is 29.4 Å². The number of rotatable bonds is 5. The van der Waals surface area contributed by atoms with E-state index in [1.165, 1.54) is 11.3 Å². The van der Waals surface area contributed by atoms with E-state index in [9.17, 15) is 8.42 Å². The lowest BCUT2D eigenvalue weighted by Crippen LogP contribution is -2.36. The Hall–Kier alpha value is -2.81. The molecule has 0 atom stereocenters. The van der Waals surface area contributed by atoms with Crippen molar-refractivity contribution in [2.75, 3.05) is 11.9 Å². The van der Waals surface area contributed by atoms with Gasteiger partial charge in [0.1, 0.15) is 10.0 Å². The van der Waals surface area contributed by atoms with Crippen molar-refractivity contribution in [2.24, 2.45) is 0 Å². The van der Waals surface area contributed by atoms with Crippen molar-refractivity contribution >= 4 is 43.8 Å². The lowest BCUT2D eigenvalue weighted by Gasteiger charge is -2.28. The average Bonchev–Trinajstić information content (AvgIpc) is 3.29. The molecule has 0 unspecified atom stereocenters. The highest BCUT2D eigenvalue weighted by molar-refractivity contribution is 7.91. The number of anilines is 2. The van der Waals surface area contributed by atoms with Gasteiger partial charge in [0, 0.05) is 35.1 Å². The summed E-state index contributed by atoms with van der Waals surface area (Å²) in [6.07, 6.45) is 4.97. The summed E-state index contributed by atoms with van der Waals surface area (Å²) in [6, 6.07) is 15.5. The summed E-state index contributed by atoms with van der Waals surface area (Å²) in [5.41, 5.74) is 3.84. The maximum Gasteiger partial charge on any atom is 0.252 e. The predicted octanol–water partition coefficient (Wildman–Crippen LogP) is 4.74. The molecule has 0 fully saturated rings. The van der Waals surface area contributed by atoms with Crippen LogP contribution in [0.3, 0.4) is 0 Å². The van der Waals surface area contributed by atoms with Crippen LogP contribution in [0.25, 0.3) is 10.9 Å². The fraction of sp³-hybridized carbons (Fsp3) is 0.217. The maximum atomic E-state index is 13.1. The Morgan fingerprint density at radius 1 is 1.13 bits per heavy atom. The zero-order valence-electron chi connectivity index (χ0n) is 17.1. The number of benzene rings is 1. The number of hydrogen-bond donors (Lipinski definition) is 1. The number of nitrogens with one attached hydrogen (secondary N) is 1. The van der Waals surface area contributed by atoms with Gasteiger partial charge in [0.2, 0.25) is 0 Å². The number of pyridine rings is 2. The second-order valence-corrected chi connectivity index (χ2v) is 10.8. The van der Waals surface area contributed by atoms with Gasteiger partial charge >= 0.3 is 0 Å². The van der Waals surface area contributed by atoms with Crippen molar-refractivity contribution < 1.29 is 8.42 Å². The van der Waals surface area contributed by atoms with E-state index in [1.54, 1.807) is 22.8 Å². The first kappa shape index (κ1) is 20.1. The van der Waals surface area contributed by atoms with Crippen molar-refractivity contribution in [3.8, 4) is 0 Å². The summed E-state index contributed by atoms with van der Waals surface area (Å²) in [5, 5.41) is 4.43. The van der Waals surface area contributed by atoms with Crippen LogP contribution < -0.4 is 5.32 Å². The summed E-state index contributed by atoms with van der Waals surface area (Å²) in [4.78, 5) is 10.1. The Morgan fingerprint density at radius 3 is 2.84 bits per heavy atom. The SMILES string of the molecule is CCc1ccc(S(=O)(=O)N2CCc3c(ccnc3Nc3cnc4ccccc4c3)C2)s1. The van der Waals surface area contributed by atoms with E-state index in [0.29, 0.717) is 23.7 Å². The summed E-state index contributed by atoms with van der Waals surface area (Å²) < 4.78 is 28.2. The summed E-state index contributed by atoms with van der Waals surface area (Å²) in [6.45, 7) is 2.82. The molecule has 4 heterocycles. The molecular formula is C23H22N4O2S2. The van der Waals surface area contributed by atoms with Crippen LogP contribution >= 0.6 is 11.3 Å². The number of sulfonamides is 1. The van der Waals surface area contributed by atoms with Gasteiger partial charge in [-0.05, 0) is 48.7 Å². The van der Waals surface area contributed by atoms with Crippen molar-refractivity contribution in [1.29, 1.82) is 0 Å². The molecule has 8 heteroatoms. The van der Waals surface area contributed by atoms with Crippen LogP contribution in [0, 0.1) is 0 Å². The number of thiophene rings is 1. The molecule has 1 aromatic carbocycles. The van der Waals surface area contributed by atoms with Crippen LogP contribution in [0.5, 0.6) is 0 Å². The minimum Gasteiger partial charge on any atom is -0.339 e. The Labute approximate surface area is 185 Å². The van der Waals surface area contributed by atoms with Crippen LogP contribution in [0.1, 0.15) is 22.9 Å². The largest absolute Gasteiger partial charge is 0.339 e. The second-order valence-electron chi connectivity index (χ2n) is 7.50. The number of aromatic nitrogens is 2. The van der Waals surface area contributed by atoms with Crippen LogP contribution in [0.15, 0.2) is 65.1 Å².